The first kappa shape index (κ1) is 23.7. The van der Waals surface area contributed by atoms with Gasteiger partial charge >= 0.3 is 6.09 Å². The molecule has 0 saturated carbocycles. The van der Waals surface area contributed by atoms with Gasteiger partial charge in [0.25, 0.3) is 0 Å². The molecular weight excluding hydrogens is 404 g/mol. The molecule has 0 aromatic heterocycles. The van der Waals surface area contributed by atoms with Gasteiger partial charge in [-0.05, 0) is 62.4 Å². The van der Waals surface area contributed by atoms with E-state index in [1.165, 1.54) is 0 Å². The van der Waals surface area contributed by atoms with Gasteiger partial charge in [-0.2, -0.15) is 0 Å². The van der Waals surface area contributed by atoms with Gasteiger partial charge in [-0.25, -0.2) is 10.3 Å². The maximum absolute atomic E-state index is 12.6. The molecule has 7 heteroatoms. The van der Waals surface area contributed by atoms with Crippen LogP contribution in [-0.2, 0) is 16.1 Å². The van der Waals surface area contributed by atoms with Crippen LogP contribution in [0.2, 0.25) is 5.02 Å². The topological polar surface area (TPSA) is 78.9 Å². The normalized spacial score (nSPS) is 11.1. The van der Waals surface area contributed by atoms with Crippen molar-refractivity contribution >= 4 is 23.6 Å². The number of benzene rings is 2. The van der Waals surface area contributed by atoms with Gasteiger partial charge in [0, 0.05) is 24.5 Å². The summed E-state index contributed by atoms with van der Waals surface area (Å²) in [4.78, 5) is 25.4. The van der Waals surface area contributed by atoms with Gasteiger partial charge in [-0.3, -0.25) is 10.0 Å². The molecule has 0 aliphatic rings. The maximum Gasteiger partial charge on any atom is 0.410 e. The number of nitrogens with one attached hydrogen (secondary N) is 1. The minimum Gasteiger partial charge on any atom is -0.444 e. The Morgan fingerprint density at radius 3 is 2.10 bits per heavy atom. The molecule has 2 N–H and O–H groups in total. The molecule has 0 aliphatic heterocycles. The third kappa shape index (κ3) is 8.05. The van der Waals surface area contributed by atoms with Crippen LogP contribution in [0.25, 0.3) is 11.1 Å². The fourth-order valence-corrected chi connectivity index (χ4v) is 3.00. The molecule has 2 amide bonds. The fourth-order valence-electron chi connectivity index (χ4n) is 2.87. The second-order valence-electron chi connectivity index (χ2n) is 8.10. The molecule has 6 nitrogen and oxygen atoms in total. The van der Waals surface area contributed by atoms with Gasteiger partial charge in [-0.15, -0.1) is 0 Å². The number of unbranched alkanes of at least 4 members (excludes halogenated alkanes) is 1. The summed E-state index contributed by atoms with van der Waals surface area (Å²) in [6, 6.07) is 15.6. The van der Waals surface area contributed by atoms with Crippen LogP contribution in [0.3, 0.4) is 0 Å². The standard InChI is InChI=1S/C23H29ClN2O4/c1-23(2,3)30-22(28)26(15-5-4-6-21(27)25-29)16-17-7-9-18(10-8-17)19-11-13-20(24)14-12-19/h7-14,29H,4-6,15-16H2,1-3H3,(H,25,27). The summed E-state index contributed by atoms with van der Waals surface area (Å²) < 4.78 is 5.53. The Morgan fingerprint density at radius 2 is 1.57 bits per heavy atom. The molecule has 0 fully saturated rings. The van der Waals surface area contributed by atoms with E-state index in [1.807, 2.05) is 69.3 Å². The van der Waals surface area contributed by atoms with Crippen molar-refractivity contribution in [2.45, 2.75) is 52.2 Å². The van der Waals surface area contributed by atoms with Crippen LogP contribution in [0.4, 0.5) is 4.79 Å². The van der Waals surface area contributed by atoms with Crippen LogP contribution in [0.15, 0.2) is 48.5 Å². The molecule has 162 valence electrons. The highest BCUT2D eigenvalue weighted by molar-refractivity contribution is 6.30. The molecule has 0 atom stereocenters. The van der Waals surface area contributed by atoms with Crippen molar-refractivity contribution in [3.8, 4) is 11.1 Å². The molecule has 2 aromatic rings. The molecule has 0 radical (unpaired) electrons. The predicted molar refractivity (Wildman–Crippen MR) is 117 cm³/mol. The van der Waals surface area contributed by atoms with E-state index in [0.717, 1.165) is 16.7 Å². The quantitative estimate of drug-likeness (QED) is 0.331. The molecule has 0 spiro atoms. The molecule has 2 rings (SSSR count). The number of hydrogen-bond donors (Lipinski definition) is 2. The van der Waals surface area contributed by atoms with Crippen molar-refractivity contribution in [1.82, 2.24) is 10.4 Å². The Labute approximate surface area is 182 Å². The zero-order chi connectivity index (χ0) is 22.1. The minimum absolute atomic E-state index is 0.203. The van der Waals surface area contributed by atoms with Crippen molar-refractivity contribution in [3.63, 3.8) is 0 Å². The fraction of sp³-hybridized carbons (Fsp3) is 0.391. The second-order valence-corrected chi connectivity index (χ2v) is 8.53. The number of hydrogen-bond acceptors (Lipinski definition) is 4. The molecule has 0 heterocycles. The van der Waals surface area contributed by atoms with Crippen LogP contribution in [0.5, 0.6) is 0 Å². The Hall–Kier alpha value is -2.57. The molecule has 0 unspecified atom stereocenters. The number of hydroxylamine groups is 1. The van der Waals surface area contributed by atoms with E-state index in [1.54, 1.807) is 10.4 Å². The summed E-state index contributed by atoms with van der Waals surface area (Å²) in [5, 5.41) is 9.28. The molecule has 0 aliphatic carbocycles. The lowest BCUT2D eigenvalue weighted by molar-refractivity contribution is -0.129. The summed E-state index contributed by atoms with van der Waals surface area (Å²) in [7, 11) is 0. The van der Waals surface area contributed by atoms with Crippen molar-refractivity contribution in [2.75, 3.05) is 6.54 Å². The summed E-state index contributed by atoms with van der Waals surface area (Å²) in [6.07, 6.45) is 0.987. The summed E-state index contributed by atoms with van der Waals surface area (Å²) in [5.74, 6) is -0.434. The lowest BCUT2D eigenvalue weighted by Gasteiger charge is -2.27. The van der Waals surface area contributed by atoms with E-state index in [4.69, 9.17) is 21.5 Å². The summed E-state index contributed by atoms with van der Waals surface area (Å²) >= 11 is 5.95. The van der Waals surface area contributed by atoms with Crippen LogP contribution < -0.4 is 5.48 Å². The predicted octanol–water partition coefficient (Wildman–Crippen LogP) is 5.42. The van der Waals surface area contributed by atoms with Crippen LogP contribution in [0, 0.1) is 0 Å². The lowest BCUT2D eigenvalue weighted by Crippen LogP contribution is -2.37. The van der Waals surface area contributed by atoms with Gasteiger partial charge in [0.15, 0.2) is 0 Å². The number of carbonyl (C=O) groups excluding carboxylic acids is 2. The number of nitrogens with zero attached hydrogens (tertiary/aromatic N) is 1. The number of halogens is 1. The van der Waals surface area contributed by atoms with E-state index in [9.17, 15) is 9.59 Å². The molecule has 0 bridgehead atoms. The monoisotopic (exact) mass is 432 g/mol. The van der Waals surface area contributed by atoms with Gasteiger partial charge in [0.2, 0.25) is 5.91 Å². The van der Waals surface area contributed by atoms with Crippen LogP contribution in [-0.4, -0.2) is 34.3 Å². The first-order chi connectivity index (χ1) is 14.2. The van der Waals surface area contributed by atoms with E-state index >= 15 is 0 Å². The van der Waals surface area contributed by atoms with Crippen LogP contribution >= 0.6 is 11.6 Å². The number of rotatable bonds is 8. The Bertz CT molecular complexity index is 830. The van der Waals surface area contributed by atoms with Crippen molar-refractivity contribution in [3.05, 3.63) is 59.1 Å². The average Bonchev–Trinajstić information content (AvgIpc) is 2.70. The molecule has 2 aromatic carbocycles. The smallest absolute Gasteiger partial charge is 0.410 e. The highest BCUT2D eigenvalue weighted by atomic mass is 35.5. The van der Waals surface area contributed by atoms with Gasteiger partial charge in [0.05, 0.1) is 0 Å². The highest BCUT2D eigenvalue weighted by Crippen LogP contribution is 2.23. The summed E-state index contributed by atoms with van der Waals surface area (Å²) in [5.41, 5.74) is 4.13. The Morgan fingerprint density at radius 1 is 1.00 bits per heavy atom. The Kier molecular flexibility index (Phi) is 8.69. The van der Waals surface area contributed by atoms with Crippen LogP contribution in [0.1, 0.15) is 45.6 Å². The number of ether oxygens (including phenoxy) is 1. The third-order valence-corrected chi connectivity index (χ3v) is 4.62. The van der Waals surface area contributed by atoms with Crippen molar-refractivity contribution in [2.24, 2.45) is 0 Å². The van der Waals surface area contributed by atoms with Gasteiger partial charge < -0.3 is 9.64 Å². The summed E-state index contributed by atoms with van der Waals surface area (Å²) in [6.45, 7) is 6.34. The highest BCUT2D eigenvalue weighted by Gasteiger charge is 2.22. The van der Waals surface area contributed by atoms with Crippen molar-refractivity contribution < 1.29 is 19.5 Å². The average molecular weight is 433 g/mol. The van der Waals surface area contributed by atoms with Gasteiger partial charge in [0.1, 0.15) is 5.60 Å². The second kappa shape index (κ2) is 11.0. The lowest BCUT2D eigenvalue weighted by atomic mass is 10.0. The van der Waals surface area contributed by atoms with E-state index in [2.05, 4.69) is 0 Å². The third-order valence-electron chi connectivity index (χ3n) is 4.36. The molecular formula is C23H29ClN2O4. The van der Waals surface area contributed by atoms with E-state index in [0.29, 0.717) is 31.0 Å². The zero-order valence-electron chi connectivity index (χ0n) is 17.7. The zero-order valence-corrected chi connectivity index (χ0v) is 18.4. The first-order valence-electron chi connectivity index (χ1n) is 9.93. The number of amides is 2. The van der Waals surface area contributed by atoms with E-state index in [-0.39, 0.29) is 6.42 Å². The number of carbonyl (C=O) groups is 2. The van der Waals surface area contributed by atoms with Crippen molar-refractivity contribution in [1.29, 1.82) is 0 Å². The largest absolute Gasteiger partial charge is 0.444 e. The van der Waals surface area contributed by atoms with E-state index < -0.39 is 17.6 Å². The first-order valence-corrected chi connectivity index (χ1v) is 10.3. The SMILES string of the molecule is CC(C)(C)OC(=O)N(CCCCC(=O)NO)Cc1ccc(-c2ccc(Cl)cc2)cc1. The minimum atomic E-state index is -0.593. The molecule has 30 heavy (non-hydrogen) atoms. The Balaban J connectivity index is 2.04. The van der Waals surface area contributed by atoms with Gasteiger partial charge in [-0.1, -0.05) is 48.0 Å². The maximum atomic E-state index is 12.6. The molecule has 0 saturated heterocycles.